The first-order chi connectivity index (χ1) is 10.6. The predicted octanol–water partition coefficient (Wildman–Crippen LogP) is 4.13. The summed E-state index contributed by atoms with van der Waals surface area (Å²) in [6.07, 6.45) is 0. The van der Waals surface area contributed by atoms with Gasteiger partial charge in [0.05, 0.1) is 12.2 Å². The van der Waals surface area contributed by atoms with Crippen molar-refractivity contribution in [2.24, 2.45) is 4.99 Å². The van der Waals surface area contributed by atoms with Crippen molar-refractivity contribution < 1.29 is 4.79 Å². The molecule has 112 valence electrons. The molecule has 1 amide bonds. The first kappa shape index (κ1) is 14.9. The highest BCUT2D eigenvalue weighted by atomic mass is 32.2. The number of amides is 1. The van der Waals surface area contributed by atoms with Crippen LogP contribution in [0.15, 0.2) is 59.6 Å². The van der Waals surface area contributed by atoms with E-state index in [0.29, 0.717) is 10.8 Å². The third-order valence-electron chi connectivity index (χ3n) is 3.47. The molecule has 0 saturated heterocycles. The third-order valence-corrected chi connectivity index (χ3v) is 4.54. The molecular formula is C18H18N2OS. The van der Waals surface area contributed by atoms with Crippen LogP contribution >= 0.6 is 11.8 Å². The number of nitrogens with zero attached hydrogens (tertiary/aromatic N) is 2. The summed E-state index contributed by atoms with van der Waals surface area (Å²) >= 11 is 1.65. The Morgan fingerprint density at radius 1 is 1.18 bits per heavy atom. The zero-order chi connectivity index (χ0) is 15.5. The number of hydrogen-bond donors (Lipinski definition) is 0. The number of aliphatic imine (C=N–C) groups is 1. The Morgan fingerprint density at radius 2 is 1.95 bits per heavy atom. The number of thioether (sulfide) groups is 1. The fraction of sp³-hybridized carbons (Fsp3) is 0.222. The summed E-state index contributed by atoms with van der Waals surface area (Å²) in [6, 6.07) is 17.3. The number of anilines is 1. The lowest BCUT2D eigenvalue weighted by molar-refractivity contribution is 0.100. The zero-order valence-electron chi connectivity index (χ0n) is 12.7. The van der Waals surface area contributed by atoms with Crippen molar-refractivity contribution in [1.29, 1.82) is 0 Å². The number of amidine groups is 1. The van der Waals surface area contributed by atoms with Crippen molar-refractivity contribution in [2.45, 2.75) is 19.1 Å². The molecule has 0 fully saturated rings. The predicted molar refractivity (Wildman–Crippen MR) is 93.8 cm³/mol. The summed E-state index contributed by atoms with van der Waals surface area (Å²) < 4.78 is 0. The highest BCUT2D eigenvalue weighted by Crippen LogP contribution is 2.29. The molecule has 2 aromatic rings. The summed E-state index contributed by atoms with van der Waals surface area (Å²) in [5, 5.41) is 1.19. The fourth-order valence-electron chi connectivity index (χ4n) is 2.38. The van der Waals surface area contributed by atoms with Crippen LogP contribution in [0.3, 0.4) is 0 Å². The average Bonchev–Trinajstić information content (AvgIpc) is 2.94. The maximum Gasteiger partial charge on any atom is 0.264 e. The molecular weight excluding hydrogens is 292 g/mol. The van der Waals surface area contributed by atoms with E-state index in [0.717, 1.165) is 23.0 Å². The Kier molecular flexibility index (Phi) is 4.29. The second kappa shape index (κ2) is 6.36. The molecule has 3 rings (SSSR count). The van der Waals surface area contributed by atoms with Crippen LogP contribution in [0, 0.1) is 6.92 Å². The Hall–Kier alpha value is -2.07. The van der Waals surface area contributed by atoms with Crippen LogP contribution in [0.25, 0.3) is 0 Å². The van der Waals surface area contributed by atoms with E-state index in [2.05, 4.69) is 11.9 Å². The maximum atomic E-state index is 13.0. The molecule has 2 aromatic carbocycles. The monoisotopic (exact) mass is 310 g/mol. The van der Waals surface area contributed by atoms with E-state index in [1.807, 2.05) is 61.5 Å². The summed E-state index contributed by atoms with van der Waals surface area (Å²) in [7, 11) is 0. The van der Waals surface area contributed by atoms with Crippen LogP contribution < -0.4 is 4.90 Å². The number of aryl methyl sites for hydroxylation is 1. The van der Waals surface area contributed by atoms with Gasteiger partial charge < -0.3 is 0 Å². The van der Waals surface area contributed by atoms with E-state index in [-0.39, 0.29) is 5.91 Å². The van der Waals surface area contributed by atoms with Crippen molar-refractivity contribution in [1.82, 2.24) is 0 Å². The van der Waals surface area contributed by atoms with E-state index in [4.69, 9.17) is 0 Å². The molecule has 1 aliphatic heterocycles. The second-order valence-corrected chi connectivity index (χ2v) is 6.80. The SMILES string of the molecule is Cc1cccc(N(C(=O)c2ccccc2)C2=NCC(C)S2)c1. The van der Waals surface area contributed by atoms with Gasteiger partial charge in [0.25, 0.3) is 5.91 Å². The fourth-order valence-corrected chi connectivity index (χ4v) is 3.33. The molecule has 3 nitrogen and oxygen atoms in total. The Balaban J connectivity index is 2.02. The van der Waals surface area contributed by atoms with Crippen LogP contribution in [0.5, 0.6) is 0 Å². The van der Waals surface area contributed by atoms with Crippen molar-refractivity contribution >= 4 is 28.5 Å². The maximum absolute atomic E-state index is 13.0. The quantitative estimate of drug-likeness (QED) is 0.835. The number of hydrogen-bond acceptors (Lipinski definition) is 3. The topological polar surface area (TPSA) is 32.7 Å². The normalized spacial score (nSPS) is 17.2. The minimum atomic E-state index is -0.0356. The molecule has 0 spiro atoms. The van der Waals surface area contributed by atoms with E-state index < -0.39 is 0 Å². The molecule has 1 unspecified atom stereocenters. The van der Waals surface area contributed by atoms with Gasteiger partial charge in [0.15, 0.2) is 5.17 Å². The molecule has 0 saturated carbocycles. The lowest BCUT2D eigenvalue weighted by atomic mass is 10.1. The Morgan fingerprint density at radius 3 is 2.59 bits per heavy atom. The van der Waals surface area contributed by atoms with Crippen molar-refractivity contribution in [3.8, 4) is 0 Å². The van der Waals surface area contributed by atoms with Crippen molar-refractivity contribution in [3.63, 3.8) is 0 Å². The van der Waals surface area contributed by atoms with E-state index in [1.54, 1.807) is 16.7 Å². The first-order valence-corrected chi connectivity index (χ1v) is 8.20. The number of benzene rings is 2. The average molecular weight is 310 g/mol. The third kappa shape index (κ3) is 3.07. The van der Waals surface area contributed by atoms with Gasteiger partial charge >= 0.3 is 0 Å². The van der Waals surface area contributed by atoms with Crippen LogP contribution in [0.1, 0.15) is 22.8 Å². The van der Waals surface area contributed by atoms with Gasteiger partial charge in [-0.3, -0.25) is 14.7 Å². The Labute approximate surface area is 135 Å². The Bertz CT molecular complexity index is 712. The molecule has 0 radical (unpaired) electrons. The van der Waals surface area contributed by atoms with Gasteiger partial charge in [-0.05, 0) is 36.8 Å². The highest BCUT2D eigenvalue weighted by Gasteiger charge is 2.28. The molecule has 4 heteroatoms. The summed E-state index contributed by atoms with van der Waals surface area (Å²) in [4.78, 5) is 19.3. The second-order valence-electron chi connectivity index (χ2n) is 5.40. The van der Waals surface area contributed by atoms with Gasteiger partial charge in [-0.25, -0.2) is 0 Å². The number of carbonyl (C=O) groups is 1. The molecule has 1 aliphatic rings. The summed E-state index contributed by atoms with van der Waals surface area (Å²) in [5.74, 6) is -0.0356. The summed E-state index contributed by atoms with van der Waals surface area (Å²) in [5.41, 5.74) is 2.67. The van der Waals surface area contributed by atoms with Gasteiger partial charge in [-0.2, -0.15) is 0 Å². The molecule has 1 heterocycles. The molecule has 0 aliphatic carbocycles. The zero-order valence-corrected chi connectivity index (χ0v) is 13.5. The van der Waals surface area contributed by atoms with Gasteiger partial charge in [-0.15, -0.1) is 0 Å². The van der Waals surface area contributed by atoms with E-state index >= 15 is 0 Å². The van der Waals surface area contributed by atoms with Crippen LogP contribution in [-0.4, -0.2) is 22.9 Å². The molecule has 0 bridgehead atoms. The number of rotatable bonds is 2. The minimum absolute atomic E-state index is 0.0356. The minimum Gasteiger partial charge on any atom is -0.268 e. The van der Waals surface area contributed by atoms with Crippen LogP contribution in [0.2, 0.25) is 0 Å². The summed E-state index contributed by atoms with van der Waals surface area (Å²) in [6.45, 7) is 4.91. The standard InChI is InChI=1S/C18H18N2OS/c1-13-7-6-10-16(11-13)20(18-19-12-14(2)22-18)17(21)15-8-4-3-5-9-15/h3-11,14H,12H2,1-2H3. The number of carbonyl (C=O) groups excluding carboxylic acids is 1. The van der Waals surface area contributed by atoms with Gasteiger partial charge in [0, 0.05) is 10.8 Å². The van der Waals surface area contributed by atoms with Crippen molar-refractivity contribution in [2.75, 3.05) is 11.4 Å². The molecule has 0 aromatic heterocycles. The van der Waals surface area contributed by atoms with Gasteiger partial charge in [0.1, 0.15) is 0 Å². The molecule has 22 heavy (non-hydrogen) atoms. The van der Waals surface area contributed by atoms with Crippen molar-refractivity contribution in [3.05, 3.63) is 65.7 Å². The largest absolute Gasteiger partial charge is 0.268 e. The van der Waals surface area contributed by atoms with E-state index in [9.17, 15) is 4.79 Å². The van der Waals surface area contributed by atoms with E-state index in [1.165, 1.54) is 0 Å². The highest BCUT2D eigenvalue weighted by molar-refractivity contribution is 8.15. The molecule has 0 N–H and O–H groups in total. The first-order valence-electron chi connectivity index (χ1n) is 7.32. The molecule has 1 atom stereocenters. The smallest absolute Gasteiger partial charge is 0.264 e. The van der Waals surface area contributed by atoms with Gasteiger partial charge in [0.2, 0.25) is 0 Å². The van der Waals surface area contributed by atoms with Crippen LogP contribution in [-0.2, 0) is 0 Å². The van der Waals surface area contributed by atoms with Gasteiger partial charge in [-0.1, -0.05) is 49.0 Å². The van der Waals surface area contributed by atoms with Crippen LogP contribution in [0.4, 0.5) is 5.69 Å². The lowest BCUT2D eigenvalue weighted by Crippen LogP contribution is -2.34. The lowest BCUT2D eigenvalue weighted by Gasteiger charge is -2.23.